The summed E-state index contributed by atoms with van der Waals surface area (Å²) >= 11 is 0. The molecule has 5 rings (SSSR count). The van der Waals surface area contributed by atoms with Crippen molar-refractivity contribution in [2.24, 2.45) is 4.99 Å². The molecule has 0 radical (unpaired) electrons. The van der Waals surface area contributed by atoms with Gasteiger partial charge in [-0.15, -0.1) is 0 Å². The van der Waals surface area contributed by atoms with E-state index in [1.807, 2.05) is 54.6 Å². The summed E-state index contributed by atoms with van der Waals surface area (Å²) in [5.74, 6) is 1.92. The maximum absolute atomic E-state index is 6.60. The van der Waals surface area contributed by atoms with Crippen LogP contribution in [0.1, 0.15) is 62.1 Å². The Morgan fingerprint density at radius 2 is 1.14 bits per heavy atom. The van der Waals surface area contributed by atoms with Gasteiger partial charge in [0.1, 0.15) is 11.4 Å². The van der Waals surface area contributed by atoms with Crippen molar-refractivity contribution in [1.29, 1.82) is 0 Å². The third-order valence-corrected chi connectivity index (χ3v) is 6.53. The predicted molar refractivity (Wildman–Crippen MR) is 154 cm³/mol. The average Bonchev–Trinajstić information content (AvgIpc) is 3.38. The van der Waals surface area contributed by atoms with Crippen molar-refractivity contribution < 1.29 is 4.42 Å². The zero-order valence-electron chi connectivity index (χ0n) is 21.8. The Hall–Kier alpha value is -4.24. The van der Waals surface area contributed by atoms with Crippen molar-refractivity contribution in [3.63, 3.8) is 0 Å². The molecule has 4 aromatic carbocycles. The van der Waals surface area contributed by atoms with Crippen molar-refractivity contribution in [3.05, 3.63) is 132 Å². The normalized spacial score (nSPS) is 11.9. The first-order valence-electron chi connectivity index (χ1n) is 12.9. The molecular weight excluding hydrogens is 452 g/mol. The van der Waals surface area contributed by atoms with Crippen molar-refractivity contribution in [2.75, 3.05) is 0 Å². The lowest BCUT2D eigenvalue weighted by Gasteiger charge is -2.17. The van der Waals surface area contributed by atoms with E-state index in [0.717, 1.165) is 39.5 Å². The topological polar surface area (TPSA) is 38.4 Å². The van der Waals surface area contributed by atoms with Crippen molar-refractivity contribution >= 4 is 11.4 Å². The summed E-state index contributed by atoms with van der Waals surface area (Å²) in [7, 11) is 0. The maximum Gasteiger partial charge on any atom is 0.246 e. The highest BCUT2D eigenvalue weighted by Crippen LogP contribution is 2.37. The van der Waals surface area contributed by atoms with Crippen LogP contribution < -0.4 is 0 Å². The van der Waals surface area contributed by atoms with Crippen LogP contribution in [0, 0.1) is 0 Å². The van der Waals surface area contributed by atoms with Crippen LogP contribution in [0.15, 0.2) is 119 Å². The average molecular weight is 485 g/mol. The molecule has 0 bridgehead atoms. The fraction of sp³-hybridized carbons (Fsp3) is 0.176. The highest BCUT2D eigenvalue weighted by Gasteiger charge is 2.23. The summed E-state index contributed by atoms with van der Waals surface area (Å²) in [6.07, 6.45) is 0. The van der Waals surface area contributed by atoms with E-state index < -0.39 is 0 Å². The SMILES string of the molecule is CC(C)c1cccc(C(C)C)c1/N=C(\c1ccccc1)c1nc(-c2ccccc2)c(-c2ccccc2)o1. The molecule has 0 aliphatic heterocycles. The second kappa shape index (κ2) is 10.8. The van der Waals surface area contributed by atoms with Crippen LogP contribution in [0.3, 0.4) is 0 Å². The molecule has 1 aromatic heterocycles. The van der Waals surface area contributed by atoms with Gasteiger partial charge in [0.2, 0.25) is 5.89 Å². The molecular formula is C34H32N2O. The molecule has 37 heavy (non-hydrogen) atoms. The smallest absolute Gasteiger partial charge is 0.246 e. The van der Waals surface area contributed by atoms with Gasteiger partial charge in [-0.1, -0.05) is 137 Å². The van der Waals surface area contributed by atoms with E-state index in [2.05, 4.69) is 82.3 Å². The van der Waals surface area contributed by atoms with E-state index in [1.165, 1.54) is 11.1 Å². The molecule has 0 aliphatic carbocycles. The maximum atomic E-state index is 6.60. The van der Waals surface area contributed by atoms with Crippen LogP contribution in [0.2, 0.25) is 0 Å². The van der Waals surface area contributed by atoms with Crippen LogP contribution in [-0.2, 0) is 0 Å². The van der Waals surface area contributed by atoms with Crippen LogP contribution in [0.25, 0.3) is 22.6 Å². The lowest BCUT2D eigenvalue weighted by atomic mass is 9.92. The number of aromatic nitrogens is 1. The van der Waals surface area contributed by atoms with Gasteiger partial charge in [-0.25, -0.2) is 9.98 Å². The van der Waals surface area contributed by atoms with E-state index >= 15 is 0 Å². The number of nitrogens with zero attached hydrogens (tertiary/aromatic N) is 2. The molecule has 0 atom stereocenters. The first kappa shape index (κ1) is 24.5. The molecule has 184 valence electrons. The lowest BCUT2D eigenvalue weighted by Crippen LogP contribution is -2.05. The predicted octanol–water partition coefficient (Wildman–Crippen LogP) is 9.42. The zero-order chi connectivity index (χ0) is 25.8. The molecule has 5 aromatic rings. The Kier molecular flexibility index (Phi) is 7.14. The highest BCUT2D eigenvalue weighted by atomic mass is 16.4. The quantitative estimate of drug-likeness (QED) is 0.216. The van der Waals surface area contributed by atoms with E-state index in [-0.39, 0.29) is 0 Å². The van der Waals surface area contributed by atoms with E-state index in [9.17, 15) is 0 Å². The molecule has 3 nitrogen and oxygen atoms in total. The van der Waals surface area contributed by atoms with Gasteiger partial charge >= 0.3 is 0 Å². The molecule has 0 amide bonds. The van der Waals surface area contributed by atoms with Gasteiger partial charge < -0.3 is 4.42 Å². The van der Waals surface area contributed by atoms with Crippen LogP contribution in [0.4, 0.5) is 5.69 Å². The highest BCUT2D eigenvalue weighted by molar-refractivity contribution is 6.12. The monoisotopic (exact) mass is 484 g/mol. The Balaban J connectivity index is 1.79. The minimum absolute atomic E-state index is 0.332. The Bertz CT molecular complexity index is 1410. The van der Waals surface area contributed by atoms with Gasteiger partial charge in [0, 0.05) is 16.7 Å². The van der Waals surface area contributed by atoms with Crippen molar-refractivity contribution in [2.45, 2.75) is 39.5 Å². The van der Waals surface area contributed by atoms with Gasteiger partial charge in [-0.05, 0) is 23.0 Å². The summed E-state index contributed by atoms with van der Waals surface area (Å²) in [4.78, 5) is 10.4. The van der Waals surface area contributed by atoms with Crippen LogP contribution >= 0.6 is 0 Å². The largest absolute Gasteiger partial charge is 0.434 e. The van der Waals surface area contributed by atoms with Crippen LogP contribution in [0.5, 0.6) is 0 Å². The zero-order valence-corrected chi connectivity index (χ0v) is 21.8. The number of aliphatic imine (C=N–C) groups is 1. The summed E-state index contributed by atoms with van der Waals surface area (Å²) in [6.45, 7) is 8.86. The number of hydrogen-bond acceptors (Lipinski definition) is 3. The van der Waals surface area contributed by atoms with Crippen LogP contribution in [-0.4, -0.2) is 10.7 Å². The molecule has 1 heterocycles. The number of rotatable bonds is 7. The van der Waals surface area contributed by atoms with E-state index in [0.29, 0.717) is 17.7 Å². The second-order valence-corrected chi connectivity index (χ2v) is 9.85. The standard InChI is InChI=1S/C34H32N2O/c1-23(2)28-21-14-22-29(24(3)4)32(28)35-31(26-17-10-6-11-18-26)34-36-30(25-15-8-5-9-16-25)33(37-34)27-19-12-7-13-20-27/h5-24H,1-4H3/b35-31+. The molecule has 0 saturated carbocycles. The van der Waals surface area contributed by atoms with Gasteiger partial charge in [0.05, 0.1) is 5.69 Å². The lowest BCUT2D eigenvalue weighted by molar-refractivity contribution is 0.561. The van der Waals surface area contributed by atoms with Crippen molar-refractivity contribution in [1.82, 2.24) is 4.98 Å². The minimum Gasteiger partial charge on any atom is -0.434 e. The molecule has 0 N–H and O–H groups in total. The fourth-order valence-electron chi connectivity index (χ4n) is 4.58. The Morgan fingerprint density at radius 3 is 1.68 bits per heavy atom. The summed E-state index contributed by atoms with van der Waals surface area (Å²) in [5, 5.41) is 0. The third-order valence-electron chi connectivity index (χ3n) is 6.53. The third kappa shape index (κ3) is 5.17. The molecule has 3 heteroatoms. The summed E-state index contributed by atoms with van der Waals surface area (Å²) in [6, 6.07) is 37.1. The van der Waals surface area contributed by atoms with E-state index in [4.69, 9.17) is 14.4 Å². The summed E-state index contributed by atoms with van der Waals surface area (Å²) in [5.41, 5.74) is 7.95. The molecule has 0 unspecified atom stereocenters. The molecule has 0 saturated heterocycles. The van der Waals surface area contributed by atoms with Gasteiger partial charge in [0.15, 0.2) is 5.76 Å². The first-order valence-corrected chi connectivity index (χ1v) is 12.9. The van der Waals surface area contributed by atoms with Gasteiger partial charge in [-0.3, -0.25) is 0 Å². The molecule has 0 fully saturated rings. The number of para-hydroxylation sites is 1. The second-order valence-electron chi connectivity index (χ2n) is 9.85. The number of benzene rings is 4. The van der Waals surface area contributed by atoms with E-state index in [1.54, 1.807) is 0 Å². The summed E-state index contributed by atoms with van der Waals surface area (Å²) < 4.78 is 6.60. The number of oxazole rings is 1. The fourth-order valence-corrected chi connectivity index (χ4v) is 4.58. The first-order chi connectivity index (χ1) is 18.0. The Morgan fingerprint density at radius 1 is 0.622 bits per heavy atom. The minimum atomic E-state index is 0.332. The number of hydrogen-bond donors (Lipinski definition) is 0. The Labute approximate surface area is 219 Å². The molecule has 0 aliphatic rings. The van der Waals surface area contributed by atoms with Gasteiger partial charge in [-0.2, -0.15) is 0 Å². The molecule has 0 spiro atoms. The van der Waals surface area contributed by atoms with Gasteiger partial charge in [0.25, 0.3) is 0 Å². The van der Waals surface area contributed by atoms with Crippen molar-refractivity contribution in [3.8, 4) is 22.6 Å².